The number of carbonyl (C=O) groups excluding carboxylic acids is 1. The van der Waals surface area contributed by atoms with Crippen molar-refractivity contribution in [1.29, 1.82) is 0 Å². The van der Waals surface area contributed by atoms with Gasteiger partial charge in [0.15, 0.2) is 5.82 Å². The van der Waals surface area contributed by atoms with Crippen LogP contribution in [0.25, 0.3) is 11.5 Å². The van der Waals surface area contributed by atoms with E-state index in [2.05, 4.69) is 10.1 Å². The molecule has 2 heterocycles. The third-order valence-corrected chi connectivity index (χ3v) is 4.93. The molecule has 1 atom stereocenters. The highest BCUT2D eigenvalue weighted by Gasteiger charge is 2.34. The van der Waals surface area contributed by atoms with Crippen molar-refractivity contribution in [3.8, 4) is 11.5 Å². The lowest BCUT2D eigenvalue weighted by Crippen LogP contribution is -2.24. The molecule has 29 heavy (non-hydrogen) atoms. The molecule has 150 valence electrons. The second-order valence-corrected chi connectivity index (χ2v) is 7.36. The van der Waals surface area contributed by atoms with Gasteiger partial charge in [-0.25, -0.2) is 8.78 Å². The van der Waals surface area contributed by atoms with Crippen LogP contribution >= 0.6 is 0 Å². The van der Waals surface area contributed by atoms with Gasteiger partial charge in [0.25, 0.3) is 5.89 Å². The van der Waals surface area contributed by atoms with E-state index in [-0.39, 0.29) is 24.8 Å². The molecule has 6 nitrogen and oxygen atoms in total. The first-order chi connectivity index (χ1) is 13.9. The van der Waals surface area contributed by atoms with E-state index in [0.717, 1.165) is 17.3 Å². The van der Waals surface area contributed by atoms with Gasteiger partial charge < -0.3 is 14.3 Å². The van der Waals surface area contributed by atoms with Crippen LogP contribution in [-0.2, 0) is 11.3 Å². The maximum atomic E-state index is 13.4. The predicted octanol–water partition coefficient (Wildman–Crippen LogP) is 3.60. The number of amides is 1. The Labute approximate surface area is 166 Å². The van der Waals surface area contributed by atoms with E-state index >= 15 is 0 Å². The summed E-state index contributed by atoms with van der Waals surface area (Å²) in [5, 5.41) is 4.05. The highest BCUT2D eigenvalue weighted by Crippen LogP contribution is 2.30. The molecule has 0 saturated carbocycles. The van der Waals surface area contributed by atoms with Gasteiger partial charge in [-0.05, 0) is 35.9 Å². The topological polar surface area (TPSA) is 62.5 Å². The Balaban J connectivity index is 1.49. The molecule has 0 bridgehead atoms. The number of nitrogens with zero attached hydrogens (tertiary/aromatic N) is 4. The fourth-order valence-corrected chi connectivity index (χ4v) is 3.46. The monoisotopic (exact) mass is 398 g/mol. The number of anilines is 1. The van der Waals surface area contributed by atoms with Gasteiger partial charge in [0.2, 0.25) is 5.91 Å². The highest BCUT2D eigenvalue weighted by molar-refractivity contribution is 5.79. The van der Waals surface area contributed by atoms with Gasteiger partial charge in [0, 0.05) is 56.8 Å². The first kappa shape index (κ1) is 19.0. The third kappa shape index (κ3) is 4.11. The van der Waals surface area contributed by atoms with Crippen LogP contribution in [0.15, 0.2) is 47.0 Å². The second kappa shape index (κ2) is 7.62. The lowest BCUT2D eigenvalue weighted by molar-refractivity contribution is -0.128. The number of rotatable bonds is 5. The van der Waals surface area contributed by atoms with Gasteiger partial charge in [0.1, 0.15) is 11.6 Å². The van der Waals surface area contributed by atoms with Crippen molar-refractivity contribution in [2.45, 2.75) is 18.9 Å². The smallest absolute Gasteiger partial charge is 0.258 e. The van der Waals surface area contributed by atoms with E-state index < -0.39 is 11.6 Å². The average molecular weight is 398 g/mol. The molecule has 1 amide bonds. The molecule has 1 saturated heterocycles. The molecule has 3 aromatic rings. The highest BCUT2D eigenvalue weighted by atomic mass is 19.1. The van der Waals surface area contributed by atoms with E-state index in [4.69, 9.17) is 4.52 Å². The minimum atomic E-state index is -0.661. The van der Waals surface area contributed by atoms with Gasteiger partial charge in [-0.1, -0.05) is 11.2 Å². The summed E-state index contributed by atoms with van der Waals surface area (Å²) in [6.45, 7) is 0.507. The average Bonchev–Trinajstić information content (AvgIpc) is 3.28. The van der Waals surface area contributed by atoms with Crippen molar-refractivity contribution in [1.82, 2.24) is 15.0 Å². The summed E-state index contributed by atoms with van der Waals surface area (Å²) in [6.07, 6.45) is 0.231. The van der Waals surface area contributed by atoms with Crippen LogP contribution in [0.2, 0.25) is 0 Å². The molecule has 0 radical (unpaired) electrons. The molecule has 1 aliphatic heterocycles. The van der Waals surface area contributed by atoms with Gasteiger partial charge in [-0.2, -0.15) is 4.98 Å². The van der Waals surface area contributed by atoms with E-state index in [1.807, 2.05) is 43.3 Å². The van der Waals surface area contributed by atoms with Crippen molar-refractivity contribution in [2.24, 2.45) is 0 Å². The summed E-state index contributed by atoms with van der Waals surface area (Å²) >= 11 is 0. The molecule has 2 aromatic carbocycles. The molecule has 0 aliphatic carbocycles. The van der Waals surface area contributed by atoms with E-state index in [1.165, 1.54) is 12.1 Å². The number of hydrogen-bond donors (Lipinski definition) is 0. The normalized spacial score (nSPS) is 16.5. The van der Waals surface area contributed by atoms with Crippen LogP contribution in [0.1, 0.15) is 23.7 Å². The number of carbonyl (C=O) groups is 1. The molecule has 0 N–H and O–H groups in total. The van der Waals surface area contributed by atoms with Crippen molar-refractivity contribution in [3.05, 3.63) is 65.5 Å². The Morgan fingerprint density at radius 2 is 1.93 bits per heavy atom. The molecule has 1 fully saturated rings. The maximum absolute atomic E-state index is 13.4. The summed E-state index contributed by atoms with van der Waals surface area (Å²) in [5.74, 6) is -0.814. The largest absolute Gasteiger partial charge is 0.378 e. The van der Waals surface area contributed by atoms with Gasteiger partial charge in [-0.15, -0.1) is 0 Å². The predicted molar refractivity (Wildman–Crippen MR) is 103 cm³/mol. The fraction of sp³-hybridized carbons (Fsp3) is 0.286. The standard InChI is InChI=1S/C21H20F2N4O2/c1-26(2)18-5-3-4-14(8-18)21-24-20(25-29-21)15-9-19(28)27(12-15)11-13-6-16(22)10-17(23)7-13/h3-8,10,15H,9,11-12H2,1-2H3. The van der Waals surface area contributed by atoms with Crippen LogP contribution in [-0.4, -0.2) is 41.6 Å². The number of aromatic nitrogens is 2. The Kier molecular flexibility index (Phi) is 5.00. The SMILES string of the molecule is CN(C)c1cccc(-c2nc(C3CC(=O)N(Cc4cc(F)cc(F)c4)C3)no2)c1. The zero-order chi connectivity index (χ0) is 20.5. The molecule has 1 unspecified atom stereocenters. The lowest BCUT2D eigenvalue weighted by Gasteiger charge is -2.16. The molecule has 0 spiro atoms. The second-order valence-electron chi connectivity index (χ2n) is 7.36. The first-order valence-electron chi connectivity index (χ1n) is 9.23. The van der Waals surface area contributed by atoms with Gasteiger partial charge >= 0.3 is 0 Å². The Hall–Kier alpha value is -3.29. The Bertz CT molecular complexity index is 1030. The Morgan fingerprint density at radius 3 is 2.66 bits per heavy atom. The Morgan fingerprint density at radius 1 is 1.17 bits per heavy atom. The quantitative estimate of drug-likeness (QED) is 0.657. The minimum Gasteiger partial charge on any atom is -0.378 e. The molecular formula is C21H20F2N4O2. The van der Waals surface area contributed by atoms with Crippen molar-refractivity contribution in [3.63, 3.8) is 0 Å². The van der Waals surface area contributed by atoms with Crippen LogP contribution in [0, 0.1) is 11.6 Å². The molecular weight excluding hydrogens is 378 g/mol. The molecule has 4 rings (SSSR count). The van der Waals surface area contributed by atoms with Crippen molar-refractivity contribution in [2.75, 3.05) is 25.5 Å². The molecule has 8 heteroatoms. The van der Waals surface area contributed by atoms with E-state index in [1.54, 1.807) is 4.90 Å². The van der Waals surface area contributed by atoms with Gasteiger partial charge in [0.05, 0.1) is 0 Å². The maximum Gasteiger partial charge on any atom is 0.258 e. The van der Waals surface area contributed by atoms with Crippen LogP contribution in [0.5, 0.6) is 0 Å². The number of halogens is 2. The summed E-state index contributed by atoms with van der Waals surface area (Å²) in [4.78, 5) is 20.4. The van der Waals surface area contributed by atoms with Crippen molar-refractivity contribution >= 4 is 11.6 Å². The number of likely N-dealkylation sites (tertiary alicyclic amines) is 1. The van der Waals surface area contributed by atoms with Gasteiger partial charge in [-0.3, -0.25) is 4.79 Å². The van der Waals surface area contributed by atoms with E-state index in [9.17, 15) is 13.6 Å². The third-order valence-electron chi connectivity index (χ3n) is 4.93. The summed E-state index contributed by atoms with van der Waals surface area (Å²) < 4.78 is 32.2. The first-order valence-corrected chi connectivity index (χ1v) is 9.23. The van der Waals surface area contributed by atoms with E-state index in [0.29, 0.717) is 23.8 Å². The lowest BCUT2D eigenvalue weighted by atomic mass is 10.1. The summed E-state index contributed by atoms with van der Waals surface area (Å²) in [7, 11) is 3.89. The fourth-order valence-electron chi connectivity index (χ4n) is 3.46. The summed E-state index contributed by atoms with van der Waals surface area (Å²) in [6, 6.07) is 11.0. The summed E-state index contributed by atoms with van der Waals surface area (Å²) in [5.41, 5.74) is 2.21. The van der Waals surface area contributed by atoms with Crippen LogP contribution in [0.4, 0.5) is 14.5 Å². The van der Waals surface area contributed by atoms with Crippen LogP contribution in [0.3, 0.4) is 0 Å². The molecule has 1 aliphatic rings. The molecule has 1 aromatic heterocycles. The zero-order valence-electron chi connectivity index (χ0n) is 16.1. The number of benzene rings is 2. The van der Waals surface area contributed by atoms with Crippen LogP contribution < -0.4 is 4.90 Å². The minimum absolute atomic E-state index is 0.111. The number of hydrogen-bond acceptors (Lipinski definition) is 5. The zero-order valence-corrected chi connectivity index (χ0v) is 16.1. The van der Waals surface area contributed by atoms with Crippen molar-refractivity contribution < 1.29 is 18.1 Å².